The Morgan fingerprint density at radius 2 is 1.67 bits per heavy atom. The van der Waals surface area contributed by atoms with Gasteiger partial charge in [-0.05, 0) is 49.3 Å². The Balaban J connectivity index is 1.50. The summed E-state index contributed by atoms with van der Waals surface area (Å²) in [5, 5.41) is 3.16. The van der Waals surface area contributed by atoms with Gasteiger partial charge in [-0.3, -0.25) is 9.59 Å². The molecule has 130 valence electrons. The second-order valence-electron chi connectivity index (χ2n) is 7.48. The zero-order chi connectivity index (χ0) is 17.1. The van der Waals surface area contributed by atoms with E-state index in [-0.39, 0.29) is 23.8 Å². The average molecular weight is 328 g/mol. The summed E-state index contributed by atoms with van der Waals surface area (Å²) in [6.07, 6.45) is 4.97. The minimum absolute atomic E-state index is 0.106. The van der Waals surface area contributed by atoms with E-state index in [9.17, 15) is 9.59 Å². The van der Waals surface area contributed by atoms with E-state index in [0.717, 1.165) is 44.3 Å². The van der Waals surface area contributed by atoms with Gasteiger partial charge in [0.2, 0.25) is 5.91 Å². The number of rotatable bonds is 4. The Morgan fingerprint density at radius 1 is 1.04 bits per heavy atom. The maximum atomic E-state index is 12.6. The Morgan fingerprint density at radius 3 is 2.17 bits per heavy atom. The quantitative estimate of drug-likeness (QED) is 0.921. The molecule has 0 bridgehead atoms. The van der Waals surface area contributed by atoms with Crippen molar-refractivity contribution in [2.45, 2.75) is 57.9 Å². The highest BCUT2D eigenvalue weighted by Crippen LogP contribution is 2.27. The molecule has 1 saturated carbocycles. The second-order valence-corrected chi connectivity index (χ2v) is 7.48. The number of likely N-dealkylation sites (tertiary alicyclic amines) is 1. The minimum Gasteiger partial charge on any atom is -0.353 e. The fraction of sp³-hybridized carbons (Fsp3) is 0.600. The van der Waals surface area contributed by atoms with Crippen molar-refractivity contribution in [3.05, 3.63) is 35.4 Å². The predicted octanol–water partition coefficient (Wildman–Crippen LogP) is 3.33. The van der Waals surface area contributed by atoms with Crippen LogP contribution in [0, 0.1) is 5.92 Å². The third kappa shape index (κ3) is 3.80. The van der Waals surface area contributed by atoms with Crippen LogP contribution >= 0.6 is 0 Å². The molecule has 4 nitrogen and oxygen atoms in total. The summed E-state index contributed by atoms with van der Waals surface area (Å²) < 4.78 is 0. The fourth-order valence-electron chi connectivity index (χ4n) is 3.41. The van der Waals surface area contributed by atoms with Crippen LogP contribution in [0.3, 0.4) is 0 Å². The Kier molecular flexibility index (Phi) is 5.22. The number of hydrogen-bond acceptors (Lipinski definition) is 2. The average Bonchev–Trinajstić information content (AvgIpc) is 2.53. The zero-order valence-corrected chi connectivity index (χ0v) is 14.8. The molecule has 1 aromatic rings. The number of piperidine rings is 1. The summed E-state index contributed by atoms with van der Waals surface area (Å²) in [5.74, 6) is 1.04. The molecule has 1 heterocycles. The first-order valence-corrected chi connectivity index (χ1v) is 9.24. The van der Waals surface area contributed by atoms with Gasteiger partial charge in [0.15, 0.2) is 0 Å². The third-order valence-electron chi connectivity index (χ3n) is 5.43. The molecular formula is C20H28N2O2. The Hall–Kier alpha value is -1.84. The van der Waals surface area contributed by atoms with Crippen molar-refractivity contribution in [3.63, 3.8) is 0 Å². The molecule has 2 amide bonds. The molecule has 1 N–H and O–H groups in total. The van der Waals surface area contributed by atoms with Crippen molar-refractivity contribution in [2.24, 2.45) is 5.92 Å². The lowest BCUT2D eigenvalue weighted by molar-refractivity contribution is -0.128. The number of amides is 2. The summed E-state index contributed by atoms with van der Waals surface area (Å²) in [5.41, 5.74) is 2.01. The molecule has 0 spiro atoms. The third-order valence-corrected chi connectivity index (χ3v) is 5.43. The van der Waals surface area contributed by atoms with Crippen molar-refractivity contribution in [3.8, 4) is 0 Å². The number of carbonyl (C=O) groups excluding carboxylic acids is 2. The molecular weight excluding hydrogens is 300 g/mol. The van der Waals surface area contributed by atoms with Crippen LogP contribution in [0.1, 0.15) is 67.8 Å². The summed E-state index contributed by atoms with van der Waals surface area (Å²) in [7, 11) is 0. The molecule has 2 fully saturated rings. The van der Waals surface area contributed by atoms with Crippen molar-refractivity contribution >= 4 is 11.8 Å². The van der Waals surface area contributed by atoms with Gasteiger partial charge in [0.05, 0.1) is 0 Å². The van der Waals surface area contributed by atoms with E-state index in [2.05, 4.69) is 19.2 Å². The number of carbonyl (C=O) groups is 2. The number of hydrogen-bond donors (Lipinski definition) is 1. The van der Waals surface area contributed by atoms with E-state index >= 15 is 0 Å². The van der Waals surface area contributed by atoms with Gasteiger partial charge in [0, 0.05) is 30.6 Å². The van der Waals surface area contributed by atoms with Crippen LogP contribution in [0.5, 0.6) is 0 Å². The van der Waals surface area contributed by atoms with Crippen LogP contribution in [0.25, 0.3) is 0 Å². The standard InChI is InChI=1S/C20H28N2O2/c1-14(2)15-6-8-17(9-7-15)20(24)22-12-10-18(11-13-22)21-19(23)16-4-3-5-16/h6-9,14,16,18H,3-5,10-13H2,1-2H3,(H,21,23). The largest absolute Gasteiger partial charge is 0.353 e. The molecule has 3 rings (SSSR count). The van der Waals surface area contributed by atoms with Gasteiger partial charge in [-0.2, -0.15) is 0 Å². The molecule has 0 radical (unpaired) electrons. The minimum atomic E-state index is 0.106. The molecule has 0 atom stereocenters. The van der Waals surface area contributed by atoms with E-state index in [1.165, 1.54) is 12.0 Å². The number of nitrogens with one attached hydrogen (secondary N) is 1. The molecule has 4 heteroatoms. The lowest BCUT2D eigenvalue weighted by Crippen LogP contribution is -2.48. The molecule has 0 aromatic heterocycles. The van der Waals surface area contributed by atoms with Gasteiger partial charge in [-0.25, -0.2) is 0 Å². The Bertz CT molecular complexity index is 582. The molecule has 1 saturated heterocycles. The first kappa shape index (κ1) is 17.0. The first-order chi connectivity index (χ1) is 11.5. The van der Waals surface area contributed by atoms with E-state index in [0.29, 0.717) is 5.92 Å². The van der Waals surface area contributed by atoms with Gasteiger partial charge in [0.25, 0.3) is 5.91 Å². The SMILES string of the molecule is CC(C)c1ccc(C(=O)N2CCC(NC(=O)C3CCC3)CC2)cc1. The van der Waals surface area contributed by atoms with E-state index in [4.69, 9.17) is 0 Å². The molecule has 24 heavy (non-hydrogen) atoms. The van der Waals surface area contributed by atoms with Crippen LogP contribution < -0.4 is 5.32 Å². The van der Waals surface area contributed by atoms with Gasteiger partial charge >= 0.3 is 0 Å². The van der Waals surface area contributed by atoms with Crippen LogP contribution in [-0.2, 0) is 4.79 Å². The second kappa shape index (κ2) is 7.37. The maximum absolute atomic E-state index is 12.6. The summed E-state index contributed by atoms with van der Waals surface area (Å²) in [4.78, 5) is 26.6. The van der Waals surface area contributed by atoms with Crippen molar-refractivity contribution in [2.75, 3.05) is 13.1 Å². The predicted molar refractivity (Wildman–Crippen MR) is 94.9 cm³/mol. The van der Waals surface area contributed by atoms with Crippen LogP contribution in [0.2, 0.25) is 0 Å². The highest BCUT2D eigenvalue weighted by molar-refractivity contribution is 5.94. The van der Waals surface area contributed by atoms with Gasteiger partial charge in [0.1, 0.15) is 0 Å². The Labute approximate surface area is 144 Å². The highest BCUT2D eigenvalue weighted by atomic mass is 16.2. The fourth-order valence-corrected chi connectivity index (χ4v) is 3.41. The van der Waals surface area contributed by atoms with E-state index < -0.39 is 0 Å². The smallest absolute Gasteiger partial charge is 0.253 e. The summed E-state index contributed by atoms with van der Waals surface area (Å²) in [6, 6.07) is 8.18. The molecule has 0 unspecified atom stereocenters. The maximum Gasteiger partial charge on any atom is 0.253 e. The van der Waals surface area contributed by atoms with E-state index in [1.807, 2.05) is 29.2 Å². The van der Waals surface area contributed by atoms with Crippen molar-refractivity contribution in [1.29, 1.82) is 0 Å². The molecule has 2 aliphatic rings. The van der Waals surface area contributed by atoms with Gasteiger partial charge < -0.3 is 10.2 Å². The zero-order valence-electron chi connectivity index (χ0n) is 14.8. The van der Waals surface area contributed by atoms with Crippen LogP contribution in [0.4, 0.5) is 0 Å². The lowest BCUT2D eigenvalue weighted by Gasteiger charge is -2.34. The molecule has 1 aliphatic heterocycles. The lowest BCUT2D eigenvalue weighted by atomic mass is 9.84. The monoisotopic (exact) mass is 328 g/mol. The molecule has 1 aromatic carbocycles. The highest BCUT2D eigenvalue weighted by Gasteiger charge is 2.29. The van der Waals surface area contributed by atoms with Crippen molar-refractivity contribution < 1.29 is 9.59 Å². The van der Waals surface area contributed by atoms with Crippen LogP contribution in [0.15, 0.2) is 24.3 Å². The van der Waals surface area contributed by atoms with Gasteiger partial charge in [-0.15, -0.1) is 0 Å². The summed E-state index contributed by atoms with van der Waals surface area (Å²) >= 11 is 0. The normalized spacial score (nSPS) is 19.2. The van der Waals surface area contributed by atoms with E-state index in [1.54, 1.807) is 0 Å². The number of benzene rings is 1. The first-order valence-electron chi connectivity index (χ1n) is 9.24. The number of nitrogens with zero attached hydrogens (tertiary/aromatic N) is 1. The van der Waals surface area contributed by atoms with Crippen LogP contribution in [-0.4, -0.2) is 35.8 Å². The summed E-state index contributed by atoms with van der Waals surface area (Å²) in [6.45, 7) is 5.75. The van der Waals surface area contributed by atoms with Gasteiger partial charge in [-0.1, -0.05) is 32.4 Å². The topological polar surface area (TPSA) is 49.4 Å². The van der Waals surface area contributed by atoms with Crippen molar-refractivity contribution in [1.82, 2.24) is 10.2 Å². The molecule has 1 aliphatic carbocycles.